The number of piperidine rings is 1. The molecule has 2 aromatic rings. The third-order valence-electron chi connectivity index (χ3n) is 5.24. The molecular formula is C19H23N3O3. The van der Waals surface area contributed by atoms with Crippen LogP contribution in [0.2, 0.25) is 0 Å². The van der Waals surface area contributed by atoms with Crippen molar-refractivity contribution >= 4 is 5.91 Å². The fraction of sp³-hybridized carbons (Fsp3) is 0.474. The number of hydrogen-bond acceptors (Lipinski definition) is 4. The highest BCUT2D eigenvalue weighted by molar-refractivity contribution is 5.80. The first-order valence-electron chi connectivity index (χ1n) is 8.83. The number of carbonyl (C=O) groups excluding carboxylic acids is 1. The highest BCUT2D eigenvalue weighted by atomic mass is 16.5. The van der Waals surface area contributed by atoms with Crippen LogP contribution in [0.25, 0.3) is 0 Å². The van der Waals surface area contributed by atoms with Gasteiger partial charge in [0.25, 0.3) is 0 Å². The maximum Gasteiger partial charge on any atom is 0.229 e. The van der Waals surface area contributed by atoms with Crippen molar-refractivity contribution in [3.63, 3.8) is 0 Å². The summed E-state index contributed by atoms with van der Waals surface area (Å²) in [5.74, 6) is 3.07. The molecule has 2 aliphatic rings. The van der Waals surface area contributed by atoms with E-state index in [1.165, 1.54) is 0 Å². The molecule has 4 rings (SSSR count). The first-order valence-corrected chi connectivity index (χ1v) is 8.83. The Morgan fingerprint density at radius 3 is 2.92 bits per heavy atom. The number of benzene rings is 1. The number of likely N-dealkylation sites (tertiary alicyclic amines) is 1. The van der Waals surface area contributed by atoms with Crippen LogP contribution in [-0.2, 0) is 11.2 Å². The van der Waals surface area contributed by atoms with Gasteiger partial charge in [0, 0.05) is 31.4 Å². The lowest BCUT2D eigenvalue weighted by Crippen LogP contribution is -2.44. The fourth-order valence-corrected chi connectivity index (χ4v) is 3.85. The van der Waals surface area contributed by atoms with Crippen LogP contribution in [0, 0.1) is 5.92 Å². The molecule has 0 radical (unpaired) electrons. The van der Waals surface area contributed by atoms with Gasteiger partial charge in [-0.3, -0.25) is 4.79 Å². The summed E-state index contributed by atoms with van der Waals surface area (Å²) in [4.78, 5) is 22.4. The lowest BCUT2D eigenvalue weighted by molar-refractivity contribution is -0.138. The predicted octanol–water partition coefficient (Wildman–Crippen LogP) is 2.38. The van der Waals surface area contributed by atoms with Crippen molar-refractivity contribution < 1.29 is 14.3 Å². The van der Waals surface area contributed by atoms with Crippen LogP contribution < -0.4 is 9.47 Å². The third kappa shape index (κ3) is 3.08. The minimum Gasteiger partial charge on any atom is -0.493 e. The van der Waals surface area contributed by atoms with Crippen LogP contribution >= 0.6 is 0 Å². The Morgan fingerprint density at radius 1 is 1.36 bits per heavy atom. The smallest absolute Gasteiger partial charge is 0.229 e. The molecule has 0 bridgehead atoms. The second kappa shape index (κ2) is 6.78. The molecule has 1 amide bonds. The largest absolute Gasteiger partial charge is 0.493 e. The molecule has 6 heteroatoms. The molecule has 0 aliphatic carbocycles. The van der Waals surface area contributed by atoms with Crippen LogP contribution in [0.15, 0.2) is 30.6 Å². The number of aromatic amines is 1. The number of aromatic nitrogens is 2. The molecular weight excluding hydrogens is 318 g/mol. The van der Waals surface area contributed by atoms with E-state index in [2.05, 4.69) is 9.97 Å². The zero-order valence-corrected chi connectivity index (χ0v) is 14.4. The maximum absolute atomic E-state index is 12.9. The molecule has 6 nitrogen and oxygen atoms in total. The van der Waals surface area contributed by atoms with E-state index in [0.29, 0.717) is 18.9 Å². The Kier molecular flexibility index (Phi) is 4.34. The molecule has 1 saturated heterocycles. The monoisotopic (exact) mass is 341 g/mol. The SMILES string of the molecule is COc1cccc2c1OCC(C(=O)N1CCC(c3ncc[nH]3)CC1)C2. The maximum atomic E-state index is 12.9. The van der Waals surface area contributed by atoms with Crippen molar-refractivity contribution in [2.24, 2.45) is 5.92 Å². The van der Waals surface area contributed by atoms with Gasteiger partial charge in [0.2, 0.25) is 5.91 Å². The molecule has 1 atom stereocenters. The van der Waals surface area contributed by atoms with Gasteiger partial charge in [-0.2, -0.15) is 0 Å². The molecule has 1 N–H and O–H groups in total. The van der Waals surface area contributed by atoms with E-state index >= 15 is 0 Å². The average Bonchev–Trinajstić information content (AvgIpc) is 3.21. The summed E-state index contributed by atoms with van der Waals surface area (Å²) in [5.41, 5.74) is 1.05. The Labute approximate surface area is 147 Å². The third-order valence-corrected chi connectivity index (χ3v) is 5.24. The number of fused-ring (bicyclic) bond motifs is 1. The predicted molar refractivity (Wildman–Crippen MR) is 92.8 cm³/mol. The summed E-state index contributed by atoms with van der Waals surface area (Å²) in [7, 11) is 1.64. The van der Waals surface area contributed by atoms with Gasteiger partial charge in [-0.05, 0) is 30.9 Å². The standard InChI is InChI=1S/C19H23N3O3/c1-24-16-4-2-3-14-11-15(12-25-17(14)16)19(23)22-9-5-13(6-10-22)18-20-7-8-21-18/h2-4,7-8,13,15H,5-6,9-12H2,1H3,(H,20,21). The van der Waals surface area contributed by atoms with Crippen LogP contribution in [-0.4, -0.2) is 47.6 Å². The number of imidazole rings is 1. The number of rotatable bonds is 3. The number of nitrogens with zero attached hydrogens (tertiary/aromatic N) is 2. The average molecular weight is 341 g/mol. The number of para-hydroxylation sites is 1. The van der Waals surface area contributed by atoms with E-state index in [9.17, 15) is 4.79 Å². The number of hydrogen-bond donors (Lipinski definition) is 1. The zero-order chi connectivity index (χ0) is 17.2. The van der Waals surface area contributed by atoms with Crippen molar-refractivity contribution in [1.82, 2.24) is 14.9 Å². The molecule has 25 heavy (non-hydrogen) atoms. The minimum absolute atomic E-state index is 0.111. The Morgan fingerprint density at radius 2 is 2.20 bits per heavy atom. The van der Waals surface area contributed by atoms with Crippen molar-refractivity contribution in [3.8, 4) is 11.5 Å². The number of amides is 1. The molecule has 2 aliphatic heterocycles. The molecule has 0 spiro atoms. The van der Waals surface area contributed by atoms with Crippen molar-refractivity contribution in [3.05, 3.63) is 42.0 Å². The van der Waals surface area contributed by atoms with Gasteiger partial charge >= 0.3 is 0 Å². The van der Waals surface area contributed by atoms with Crippen molar-refractivity contribution in [1.29, 1.82) is 0 Å². The number of nitrogens with one attached hydrogen (secondary N) is 1. The molecule has 1 fully saturated rings. The van der Waals surface area contributed by atoms with E-state index in [4.69, 9.17) is 9.47 Å². The molecule has 1 aromatic heterocycles. The van der Waals surface area contributed by atoms with Gasteiger partial charge in [-0.15, -0.1) is 0 Å². The highest BCUT2D eigenvalue weighted by Gasteiger charge is 2.33. The summed E-state index contributed by atoms with van der Waals surface area (Å²) in [6, 6.07) is 5.85. The van der Waals surface area contributed by atoms with E-state index in [1.54, 1.807) is 13.3 Å². The number of carbonyl (C=O) groups is 1. The van der Waals surface area contributed by atoms with E-state index in [-0.39, 0.29) is 11.8 Å². The molecule has 3 heterocycles. The number of methoxy groups -OCH3 is 1. The van der Waals surface area contributed by atoms with E-state index < -0.39 is 0 Å². The van der Waals surface area contributed by atoms with Gasteiger partial charge in [0.15, 0.2) is 11.5 Å². The first kappa shape index (κ1) is 16.0. The van der Waals surface area contributed by atoms with Crippen LogP contribution in [0.1, 0.15) is 30.1 Å². The normalized spacial score (nSPS) is 20.7. The number of ether oxygens (including phenoxy) is 2. The van der Waals surface area contributed by atoms with Gasteiger partial charge in [0.1, 0.15) is 12.4 Å². The van der Waals surface area contributed by atoms with Gasteiger partial charge in [-0.25, -0.2) is 4.98 Å². The Hall–Kier alpha value is -2.50. The van der Waals surface area contributed by atoms with Crippen LogP contribution in [0.5, 0.6) is 11.5 Å². The lowest BCUT2D eigenvalue weighted by Gasteiger charge is -2.35. The summed E-state index contributed by atoms with van der Waals surface area (Å²) in [5, 5.41) is 0. The van der Waals surface area contributed by atoms with Crippen LogP contribution in [0.4, 0.5) is 0 Å². The summed E-state index contributed by atoms with van der Waals surface area (Å²) >= 11 is 0. The Balaban J connectivity index is 1.39. The van der Waals surface area contributed by atoms with E-state index in [1.807, 2.05) is 29.3 Å². The zero-order valence-electron chi connectivity index (χ0n) is 14.4. The lowest BCUT2D eigenvalue weighted by atomic mass is 9.92. The highest BCUT2D eigenvalue weighted by Crippen LogP contribution is 2.37. The summed E-state index contributed by atoms with van der Waals surface area (Å²) < 4.78 is 11.2. The van der Waals surface area contributed by atoms with Crippen molar-refractivity contribution in [2.45, 2.75) is 25.2 Å². The second-order valence-corrected chi connectivity index (χ2v) is 6.73. The fourth-order valence-electron chi connectivity index (χ4n) is 3.85. The molecule has 0 saturated carbocycles. The summed E-state index contributed by atoms with van der Waals surface area (Å²) in [6.45, 7) is 1.99. The summed E-state index contributed by atoms with van der Waals surface area (Å²) in [6.07, 6.45) is 6.27. The molecule has 132 valence electrons. The second-order valence-electron chi connectivity index (χ2n) is 6.73. The molecule has 1 unspecified atom stereocenters. The Bertz CT molecular complexity index is 736. The van der Waals surface area contributed by atoms with Crippen LogP contribution in [0.3, 0.4) is 0 Å². The molecule has 1 aromatic carbocycles. The van der Waals surface area contributed by atoms with Gasteiger partial charge in [0.05, 0.1) is 13.0 Å². The van der Waals surface area contributed by atoms with Gasteiger partial charge < -0.3 is 19.4 Å². The quantitative estimate of drug-likeness (QED) is 0.931. The topological polar surface area (TPSA) is 67.5 Å². The van der Waals surface area contributed by atoms with E-state index in [0.717, 1.165) is 48.8 Å². The first-order chi connectivity index (χ1) is 12.3. The minimum atomic E-state index is -0.111. The number of H-pyrrole nitrogens is 1. The van der Waals surface area contributed by atoms with Gasteiger partial charge in [-0.1, -0.05) is 12.1 Å². The van der Waals surface area contributed by atoms with Crippen molar-refractivity contribution in [2.75, 3.05) is 26.8 Å².